The lowest BCUT2D eigenvalue weighted by Gasteiger charge is -2.31. The van der Waals surface area contributed by atoms with Gasteiger partial charge in [0.15, 0.2) is 0 Å². The molecule has 0 bridgehead atoms. The van der Waals surface area contributed by atoms with Gasteiger partial charge in [-0.2, -0.15) is 0 Å². The molecular weight excluding hydrogens is 439 g/mol. The third kappa shape index (κ3) is 4.66. The van der Waals surface area contributed by atoms with Crippen molar-refractivity contribution >= 4 is 22.8 Å². The summed E-state index contributed by atoms with van der Waals surface area (Å²) >= 11 is 0. The number of likely N-dealkylation sites (tertiary alicyclic amines) is 1. The molecule has 7 nitrogen and oxygen atoms in total. The van der Waals surface area contributed by atoms with Crippen molar-refractivity contribution in [3.8, 4) is 22.8 Å². The van der Waals surface area contributed by atoms with Gasteiger partial charge in [0.25, 0.3) is 5.91 Å². The number of hydrogen-bond acceptors (Lipinski definition) is 6. The summed E-state index contributed by atoms with van der Waals surface area (Å²) < 4.78 is 30.0. The van der Waals surface area contributed by atoms with Crippen molar-refractivity contribution in [1.29, 1.82) is 0 Å². The van der Waals surface area contributed by atoms with Gasteiger partial charge in [-0.25, -0.2) is 9.37 Å². The standard InChI is InChI=1S/C26H27FN2O5/c1-4-34-26(31)16-9-11-29(12-10-16)25(30)21-15-23(28-22-8-5-17(27)13-20(21)22)19-7-6-18(32-2)14-24(19)33-3/h5-8,13-16H,4,9-12H2,1-3H3. The number of carbonyl (C=O) groups is 2. The number of rotatable bonds is 6. The molecule has 0 N–H and O–H groups in total. The molecule has 2 heterocycles. The van der Waals surface area contributed by atoms with Crippen LogP contribution in [0.5, 0.6) is 11.5 Å². The molecule has 178 valence electrons. The van der Waals surface area contributed by atoms with Crippen LogP contribution in [0.4, 0.5) is 4.39 Å². The first-order valence-electron chi connectivity index (χ1n) is 11.2. The van der Waals surface area contributed by atoms with Crippen molar-refractivity contribution in [2.45, 2.75) is 19.8 Å². The fourth-order valence-electron chi connectivity index (χ4n) is 4.27. The molecule has 4 rings (SSSR count). The van der Waals surface area contributed by atoms with Crippen molar-refractivity contribution in [2.75, 3.05) is 33.9 Å². The Morgan fingerprint density at radius 1 is 1.06 bits per heavy atom. The number of benzene rings is 2. The van der Waals surface area contributed by atoms with E-state index in [1.807, 2.05) is 6.07 Å². The van der Waals surface area contributed by atoms with Crippen LogP contribution in [-0.2, 0) is 9.53 Å². The highest BCUT2D eigenvalue weighted by atomic mass is 19.1. The monoisotopic (exact) mass is 466 g/mol. The van der Waals surface area contributed by atoms with Crippen LogP contribution in [-0.4, -0.2) is 55.7 Å². The van der Waals surface area contributed by atoms with Gasteiger partial charge in [-0.1, -0.05) is 0 Å². The van der Waals surface area contributed by atoms with Crippen molar-refractivity contribution < 1.29 is 28.2 Å². The smallest absolute Gasteiger partial charge is 0.309 e. The summed E-state index contributed by atoms with van der Waals surface area (Å²) in [5.41, 5.74) is 2.07. The van der Waals surface area contributed by atoms with Crippen LogP contribution >= 0.6 is 0 Å². The number of hydrogen-bond donors (Lipinski definition) is 0. The third-order valence-electron chi connectivity index (χ3n) is 6.09. The van der Waals surface area contributed by atoms with E-state index >= 15 is 0 Å². The number of halogens is 1. The second-order valence-electron chi connectivity index (χ2n) is 8.10. The Kier molecular flexibility index (Phi) is 6.95. The molecule has 34 heavy (non-hydrogen) atoms. The molecule has 0 spiro atoms. The molecule has 1 amide bonds. The lowest BCUT2D eigenvalue weighted by molar-refractivity contribution is -0.149. The van der Waals surface area contributed by atoms with Crippen molar-refractivity contribution in [1.82, 2.24) is 9.88 Å². The lowest BCUT2D eigenvalue weighted by Crippen LogP contribution is -2.40. The van der Waals surface area contributed by atoms with Gasteiger partial charge in [0, 0.05) is 30.1 Å². The quantitative estimate of drug-likeness (QED) is 0.499. The summed E-state index contributed by atoms with van der Waals surface area (Å²) in [6.07, 6.45) is 1.06. The average molecular weight is 467 g/mol. The van der Waals surface area contributed by atoms with E-state index in [4.69, 9.17) is 14.2 Å². The molecule has 2 aromatic carbocycles. The summed E-state index contributed by atoms with van der Waals surface area (Å²) in [7, 11) is 3.12. The minimum Gasteiger partial charge on any atom is -0.497 e. The Morgan fingerprint density at radius 2 is 1.82 bits per heavy atom. The third-order valence-corrected chi connectivity index (χ3v) is 6.09. The number of ether oxygens (including phenoxy) is 3. The molecule has 0 saturated carbocycles. The van der Waals surface area contributed by atoms with Crippen LogP contribution < -0.4 is 9.47 Å². The first-order chi connectivity index (χ1) is 16.4. The second-order valence-corrected chi connectivity index (χ2v) is 8.10. The molecule has 1 saturated heterocycles. The number of amides is 1. The second kappa shape index (κ2) is 10.1. The topological polar surface area (TPSA) is 78.0 Å². The molecule has 1 aliphatic rings. The van der Waals surface area contributed by atoms with E-state index in [0.717, 1.165) is 0 Å². The summed E-state index contributed by atoms with van der Waals surface area (Å²) in [5.74, 6) is 0.0639. The van der Waals surface area contributed by atoms with Gasteiger partial charge in [0.1, 0.15) is 17.3 Å². The maximum absolute atomic E-state index is 14.1. The molecule has 3 aromatic rings. The number of aromatic nitrogens is 1. The van der Waals surface area contributed by atoms with E-state index in [1.54, 1.807) is 50.3 Å². The van der Waals surface area contributed by atoms with E-state index in [9.17, 15) is 14.0 Å². The molecule has 0 radical (unpaired) electrons. The Morgan fingerprint density at radius 3 is 2.50 bits per heavy atom. The molecule has 8 heteroatoms. The fourth-order valence-corrected chi connectivity index (χ4v) is 4.27. The van der Waals surface area contributed by atoms with E-state index in [0.29, 0.717) is 71.8 Å². The SMILES string of the molecule is CCOC(=O)C1CCN(C(=O)c2cc(-c3ccc(OC)cc3OC)nc3ccc(F)cc23)CC1. The van der Waals surface area contributed by atoms with Gasteiger partial charge >= 0.3 is 5.97 Å². The summed E-state index contributed by atoms with van der Waals surface area (Å²) in [6.45, 7) is 2.95. The van der Waals surface area contributed by atoms with E-state index in [-0.39, 0.29) is 17.8 Å². The number of nitrogens with zero attached hydrogens (tertiary/aromatic N) is 2. The zero-order valence-electron chi connectivity index (χ0n) is 19.5. The first kappa shape index (κ1) is 23.5. The van der Waals surface area contributed by atoms with Gasteiger partial charge in [-0.05, 0) is 56.2 Å². The van der Waals surface area contributed by atoms with Crippen LogP contribution in [0.15, 0.2) is 42.5 Å². The molecule has 0 atom stereocenters. The number of esters is 1. The predicted molar refractivity (Wildman–Crippen MR) is 126 cm³/mol. The zero-order chi connectivity index (χ0) is 24.2. The molecule has 1 aromatic heterocycles. The maximum Gasteiger partial charge on any atom is 0.309 e. The van der Waals surface area contributed by atoms with Crippen LogP contribution in [0.1, 0.15) is 30.1 Å². The fraction of sp³-hybridized carbons (Fsp3) is 0.346. The summed E-state index contributed by atoms with van der Waals surface area (Å²) in [6, 6.07) is 11.2. The summed E-state index contributed by atoms with van der Waals surface area (Å²) in [5, 5.41) is 0.439. The first-order valence-corrected chi connectivity index (χ1v) is 11.2. The largest absolute Gasteiger partial charge is 0.497 e. The van der Waals surface area contributed by atoms with Crippen LogP contribution in [0.3, 0.4) is 0 Å². The summed E-state index contributed by atoms with van der Waals surface area (Å²) in [4.78, 5) is 32.0. The molecule has 1 fully saturated rings. The molecule has 0 aliphatic carbocycles. The zero-order valence-corrected chi connectivity index (χ0v) is 19.5. The Hall–Kier alpha value is -3.68. The van der Waals surface area contributed by atoms with E-state index < -0.39 is 5.82 Å². The molecule has 1 aliphatic heterocycles. The number of methoxy groups -OCH3 is 2. The van der Waals surface area contributed by atoms with E-state index in [2.05, 4.69) is 4.98 Å². The minimum atomic E-state index is -0.445. The number of carbonyl (C=O) groups excluding carboxylic acids is 2. The van der Waals surface area contributed by atoms with Crippen LogP contribution in [0.25, 0.3) is 22.2 Å². The van der Waals surface area contributed by atoms with Gasteiger partial charge in [-0.3, -0.25) is 9.59 Å². The number of pyridine rings is 1. The Balaban J connectivity index is 1.72. The highest BCUT2D eigenvalue weighted by Crippen LogP contribution is 2.35. The molecular formula is C26H27FN2O5. The van der Waals surface area contributed by atoms with E-state index in [1.165, 1.54) is 12.1 Å². The average Bonchev–Trinajstić information content (AvgIpc) is 2.87. The Labute approximate surface area is 197 Å². The van der Waals surface area contributed by atoms with Crippen LogP contribution in [0.2, 0.25) is 0 Å². The Bertz CT molecular complexity index is 1220. The maximum atomic E-state index is 14.1. The van der Waals surface area contributed by atoms with Crippen molar-refractivity contribution in [2.24, 2.45) is 5.92 Å². The molecule has 0 unspecified atom stereocenters. The minimum absolute atomic E-state index is 0.213. The normalized spacial score (nSPS) is 14.2. The van der Waals surface area contributed by atoms with Crippen LogP contribution in [0, 0.1) is 11.7 Å². The van der Waals surface area contributed by atoms with Gasteiger partial charge < -0.3 is 19.1 Å². The number of piperidine rings is 1. The van der Waals surface area contributed by atoms with Gasteiger partial charge in [0.05, 0.1) is 43.5 Å². The van der Waals surface area contributed by atoms with Crippen molar-refractivity contribution in [3.63, 3.8) is 0 Å². The number of fused-ring (bicyclic) bond motifs is 1. The predicted octanol–water partition coefficient (Wildman–Crippen LogP) is 4.47. The van der Waals surface area contributed by atoms with Gasteiger partial charge in [-0.15, -0.1) is 0 Å². The van der Waals surface area contributed by atoms with Crippen molar-refractivity contribution in [3.05, 3.63) is 53.8 Å². The highest BCUT2D eigenvalue weighted by molar-refractivity contribution is 6.07. The highest BCUT2D eigenvalue weighted by Gasteiger charge is 2.30. The van der Waals surface area contributed by atoms with Gasteiger partial charge in [0.2, 0.25) is 0 Å². The lowest BCUT2D eigenvalue weighted by atomic mass is 9.95.